The van der Waals surface area contributed by atoms with Gasteiger partial charge in [0.25, 0.3) is 5.91 Å². The number of pyridine rings is 1. The van der Waals surface area contributed by atoms with E-state index in [0.29, 0.717) is 34.5 Å². The number of anilines is 5. The number of nitrogens with one attached hydrogen (secondary N) is 3. The zero-order valence-corrected chi connectivity index (χ0v) is 17.7. The van der Waals surface area contributed by atoms with E-state index in [1.807, 2.05) is 43.3 Å². The molecule has 4 rings (SSSR count). The fourth-order valence-corrected chi connectivity index (χ4v) is 2.96. The fraction of sp³-hybridized carbons (Fsp3) is 0.0833. The van der Waals surface area contributed by atoms with Crippen LogP contribution < -0.4 is 20.7 Å². The second kappa shape index (κ2) is 9.57. The van der Waals surface area contributed by atoms with Gasteiger partial charge in [0.2, 0.25) is 0 Å². The number of methoxy groups -OCH3 is 1. The first-order chi connectivity index (χ1) is 15.6. The van der Waals surface area contributed by atoms with Gasteiger partial charge in [-0.1, -0.05) is 0 Å². The number of hydrogen-bond acceptors (Lipinski definition) is 7. The van der Waals surface area contributed by atoms with Crippen LogP contribution in [0.5, 0.6) is 5.75 Å². The number of amides is 1. The van der Waals surface area contributed by atoms with Gasteiger partial charge >= 0.3 is 0 Å². The van der Waals surface area contributed by atoms with E-state index in [-0.39, 0.29) is 5.91 Å². The van der Waals surface area contributed by atoms with Gasteiger partial charge in [-0.15, -0.1) is 0 Å². The summed E-state index contributed by atoms with van der Waals surface area (Å²) in [7, 11) is 1.59. The minimum atomic E-state index is -0.190. The number of carbonyl (C=O) groups is 1. The SMILES string of the molecule is COc1ccc(C(=O)Nc2ccc(Nc3cc(Nc4cc(C)ccn4)ncn3)cc2)cc1. The molecule has 1 amide bonds. The number of nitrogens with zero attached hydrogens (tertiary/aromatic N) is 3. The van der Waals surface area contributed by atoms with Gasteiger partial charge in [0.1, 0.15) is 29.5 Å². The van der Waals surface area contributed by atoms with Gasteiger partial charge in [0.15, 0.2) is 0 Å². The minimum Gasteiger partial charge on any atom is -0.497 e. The standard InChI is InChI=1S/C24H22N6O2/c1-16-11-12-25-21(13-16)30-23-14-22(26-15-27-23)28-18-5-7-19(8-6-18)29-24(31)17-3-9-20(32-2)10-4-17/h3-15H,1-2H3,(H,29,31)(H2,25,26,27,28,30). The molecule has 8 nitrogen and oxygen atoms in total. The molecule has 3 N–H and O–H groups in total. The normalized spacial score (nSPS) is 10.3. The molecule has 2 heterocycles. The quantitative estimate of drug-likeness (QED) is 0.385. The van der Waals surface area contributed by atoms with Crippen molar-refractivity contribution in [1.29, 1.82) is 0 Å². The van der Waals surface area contributed by atoms with Crippen LogP contribution in [0.1, 0.15) is 15.9 Å². The Morgan fingerprint density at radius 3 is 2.12 bits per heavy atom. The van der Waals surface area contributed by atoms with Crippen molar-refractivity contribution in [3.05, 3.63) is 90.4 Å². The summed E-state index contributed by atoms with van der Waals surface area (Å²) in [6.45, 7) is 2.00. The van der Waals surface area contributed by atoms with Crippen molar-refractivity contribution >= 4 is 34.7 Å². The maximum Gasteiger partial charge on any atom is 0.255 e. The van der Waals surface area contributed by atoms with Crippen molar-refractivity contribution in [2.75, 3.05) is 23.1 Å². The van der Waals surface area contributed by atoms with Crippen LogP contribution in [0, 0.1) is 6.92 Å². The lowest BCUT2D eigenvalue weighted by atomic mass is 10.2. The molecule has 0 saturated carbocycles. The molecule has 160 valence electrons. The van der Waals surface area contributed by atoms with Crippen molar-refractivity contribution in [2.24, 2.45) is 0 Å². The van der Waals surface area contributed by atoms with Crippen LogP contribution in [0.4, 0.5) is 28.8 Å². The molecule has 0 atom stereocenters. The van der Waals surface area contributed by atoms with Gasteiger partial charge in [-0.2, -0.15) is 0 Å². The maximum absolute atomic E-state index is 12.4. The number of benzene rings is 2. The average molecular weight is 426 g/mol. The molecular formula is C24H22N6O2. The van der Waals surface area contributed by atoms with Crippen LogP contribution in [0.2, 0.25) is 0 Å². The molecule has 0 radical (unpaired) electrons. The third kappa shape index (κ3) is 5.37. The molecular weight excluding hydrogens is 404 g/mol. The summed E-state index contributed by atoms with van der Waals surface area (Å²) in [5.74, 6) is 2.49. The number of carbonyl (C=O) groups excluding carboxylic acids is 1. The Labute approximate surface area is 185 Å². The number of aromatic nitrogens is 3. The first-order valence-electron chi connectivity index (χ1n) is 9.93. The lowest BCUT2D eigenvalue weighted by molar-refractivity contribution is 0.102. The molecule has 0 aliphatic carbocycles. The Hall–Kier alpha value is -4.46. The molecule has 0 bridgehead atoms. The predicted octanol–water partition coefficient (Wildman–Crippen LogP) is 4.93. The molecule has 0 aliphatic rings. The van der Waals surface area contributed by atoms with Crippen LogP contribution >= 0.6 is 0 Å². The summed E-state index contributed by atoms with van der Waals surface area (Å²) in [5.41, 5.74) is 3.17. The molecule has 0 fully saturated rings. The smallest absolute Gasteiger partial charge is 0.255 e. The number of rotatable bonds is 7. The summed E-state index contributed by atoms with van der Waals surface area (Å²) in [6, 6.07) is 20.0. The zero-order chi connectivity index (χ0) is 22.3. The predicted molar refractivity (Wildman–Crippen MR) is 125 cm³/mol. The van der Waals surface area contributed by atoms with Gasteiger partial charge in [-0.25, -0.2) is 15.0 Å². The van der Waals surface area contributed by atoms with Crippen molar-refractivity contribution in [2.45, 2.75) is 6.92 Å². The Morgan fingerprint density at radius 1 is 0.781 bits per heavy atom. The van der Waals surface area contributed by atoms with E-state index < -0.39 is 0 Å². The molecule has 0 unspecified atom stereocenters. The Morgan fingerprint density at radius 2 is 1.44 bits per heavy atom. The molecule has 0 aliphatic heterocycles. The highest BCUT2D eigenvalue weighted by molar-refractivity contribution is 6.04. The number of ether oxygens (including phenoxy) is 1. The van der Waals surface area contributed by atoms with E-state index in [2.05, 4.69) is 30.9 Å². The molecule has 8 heteroatoms. The van der Waals surface area contributed by atoms with Crippen molar-refractivity contribution in [1.82, 2.24) is 15.0 Å². The van der Waals surface area contributed by atoms with Gasteiger partial charge in [-0.3, -0.25) is 4.79 Å². The third-order valence-electron chi connectivity index (χ3n) is 4.61. The third-order valence-corrected chi connectivity index (χ3v) is 4.61. The summed E-state index contributed by atoms with van der Waals surface area (Å²) in [6.07, 6.45) is 3.22. The van der Waals surface area contributed by atoms with E-state index in [0.717, 1.165) is 11.3 Å². The first kappa shape index (κ1) is 20.8. The minimum absolute atomic E-state index is 0.190. The first-order valence-corrected chi connectivity index (χ1v) is 9.93. The highest BCUT2D eigenvalue weighted by Gasteiger charge is 2.07. The van der Waals surface area contributed by atoms with Gasteiger partial charge in [0.05, 0.1) is 7.11 Å². The van der Waals surface area contributed by atoms with Crippen LogP contribution in [0.25, 0.3) is 0 Å². The lowest BCUT2D eigenvalue weighted by Crippen LogP contribution is -2.11. The molecule has 2 aromatic heterocycles. The van der Waals surface area contributed by atoms with Crippen LogP contribution in [-0.2, 0) is 0 Å². The monoisotopic (exact) mass is 426 g/mol. The van der Waals surface area contributed by atoms with E-state index >= 15 is 0 Å². The van der Waals surface area contributed by atoms with E-state index in [1.54, 1.807) is 43.6 Å². The second-order valence-electron chi connectivity index (χ2n) is 7.02. The summed E-state index contributed by atoms with van der Waals surface area (Å²) >= 11 is 0. The second-order valence-corrected chi connectivity index (χ2v) is 7.02. The van der Waals surface area contributed by atoms with E-state index in [1.165, 1.54) is 6.33 Å². The fourth-order valence-electron chi connectivity index (χ4n) is 2.96. The molecule has 32 heavy (non-hydrogen) atoms. The summed E-state index contributed by atoms with van der Waals surface area (Å²) < 4.78 is 5.12. The van der Waals surface area contributed by atoms with Crippen LogP contribution in [-0.4, -0.2) is 28.0 Å². The number of aryl methyl sites for hydroxylation is 1. The van der Waals surface area contributed by atoms with Crippen molar-refractivity contribution in [3.63, 3.8) is 0 Å². The van der Waals surface area contributed by atoms with Crippen LogP contribution in [0.3, 0.4) is 0 Å². The van der Waals surface area contributed by atoms with Crippen LogP contribution in [0.15, 0.2) is 79.3 Å². The van der Waals surface area contributed by atoms with Crippen molar-refractivity contribution < 1.29 is 9.53 Å². The summed E-state index contributed by atoms with van der Waals surface area (Å²) in [5, 5.41) is 9.27. The highest BCUT2D eigenvalue weighted by Crippen LogP contribution is 2.21. The van der Waals surface area contributed by atoms with Gasteiger partial charge < -0.3 is 20.7 Å². The molecule has 0 spiro atoms. The van der Waals surface area contributed by atoms with Gasteiger partial charge in [0, 0.05) is 29.2 Å². The summed E-state index contributed by atoms with van der Waals surface area (Å²) in [4.78, 5) is 25.2. The van der Waals surface area contributed by atoms with E-state index in [4.69, 9.17) is 4.74 Å². The highest BCUT2D eigenvalue weighted by atomic mass is 16.5. The molecule has 4 aromatic rings. The topological polar surface area (TPSA) is 101 Å². The van der Waals surface area contributed by atoms with E-state index in [9.17, 15) is 4.79 Å². The maximum atomic E-state index is 12.4. The Kier molecular flexibility index (Phi) is 6.22. The van der Waals surface area contributed by atoms with Crippen molar-refractivity contribution in [3.8, 4) is 5.75 Å². The zero-order valence-electron chi connectivity index (χ0n) is 17.7. The lowest BCUT2D eigenvalue weighted by Gasteiger charge is -2.10. The Balaban J connectivity index is 1.38. The van der Waals surface area contributed by atoms with Gasteiger partial charge in [-0.05, 0) is 73.2 Å². The molecule has 2 aromatic carbocycles. The number of hydrogen-bond donors (Lipinski definition) is 3. The molecule has 0 saturated heterocycles. The average Bonchev–Trinajstić information content (AvgIpc) is 2.81. The largest absolute Gasteiger partial charge is 0.497 e. The Bertz CT molecular complexity index is 1210.